The van der Waals surface area contributed by atoms with Gasteiger partial charge in [0.25, 0.3) is 5.91 Å². The molecule has 1 saturated heterocycles. The smallest absolute Gasteiger partial charge is 0.253 e. The van der Waals surface area contributed by atoms with Crippen LogP contribution in [0.3, 0.4) is 0 Å². The van der Waals surface area contributed by atoms with Gasteiger partial charge in [0.1, 0.15) is 5.75 Å². The van der Waals surface area contributed by atoms with E-state index in [-0.39, 0.29) is 5.91 Å². The molecule has 3 N–H and O–H groups in total. The molecule has 0 saturated carbocycles. The molecule has 0 aliphatic carbocycles. The largest absolute Gasteiger partial charge is 0.495 e. The van der Waals surface area contributed by atoms with Gasteiger partial charge in [-0.1, -0.05) is 26.0 Å². The zero-order chi connectivity index (χ0) is 20.1. The molecule has 1 aliphatic heterocycles. The van der Waals surface area contributed by atoms with E-state index in [1.165, 1.54) is 0 Å². The molecule has 150 valence electrons. The van der Waals surface area contributed by atoms with E-state index in [0.717, 1.165) is 43.3 Å². The second-order valence-corrected chi connectivity index (χ2v) is 7.53. The molecule has 1 amide bonds. The lowest BCUT2D eigenvalue weighted by Gasteiger charge is -2.38. The predicted molar refractivity (Wildman–Crippen MR) is 115 cm³/mol. The fourth-order valence-electron chi connectivity index (χ4n) is 3.48. The summed E-state index contributed by atoms with van der Waals surface area (Å²) < 4.78 is 5.50. The molecular weight excluding hydrogens is 352 g/mol. The molecule has 2 aromatic rings. The highest BCUT2D eigenvalue weighted by atomic mass is 16.5. The number of hydrogen-bond donors (Lipinski definition) is 2. The molecule has 0 radical (unpaired) electrons. The lowest BCUT2D eigenvalue weighted by atomic mass is 10.1. The van der Waals surface area contributed by atoms with Crippen molar-refractivity contribution in [3.63, 3.8) is 0 Å². The van der Waals surface area contributed by atoms with Gasteiger partial charge in [-0.25, -0.2) is 0 Å². The Morgan fingerprint density at radius 2 is 1.71 bits per heavy atom. The number of amides is 1. The Hall–Kier alpha value is -2.89. The number of methoxy groups -OCH3 is 1. The molecule has 1 heterocycles. The highest BCUT2D eigenvalue weighted by molar-refractivity contribution is 6.00. The van der Waals surface area contributed by atoms with E-state index >= 15 is 0 Å². The molecule has 2 aromatic carbocycles. The number of nitrogens with zero attached hydrogens (tertiary/aromatic N) is 2. The van der Waals surface area contributed by atoms with Crippen LogP contribution in [0.5, 0.6) is 5.75 Å². The Balaban J connectivity index is 1.74. The Morgan fingerprint density at radius 1 is 1.07 bits per heavy atom. The summed E-state index contributed by atoms with van der Waals surface area (Å²) in [5.41, 5.74) is 9.26. The zero-order valence-corrected chi connectivity index (χ0v) is 16.9. The predicted octanol–water partition coefficient (Wildman–Crippen LogP) is 2.99. The molecule has 0 bridgehead atoms. The quantitative estimate of drug-likeness (QED) is 0.752. The van der Waals surface area contributed by atoms with Crippen molar-refractivity contribution in [3.05, 3.63) is 48.0 Å². The topological polar surface area (TPSA) is 70.8 Å². The average molecular weight is 383 g/mol. The minimum absolute atomic E-state index is 0.0665. The van der Waals surface area contributed by atoms with Gasteiger partial charge in [0, 0.05) is 44.1 Å². The summed E-state index contributed by atoms with van der Waals surface area (Å²) in [6.07, 6.45) is 0. The van der Waals surface area contributed by atoms with E-state index in [0.29, 0.717) is 23.7 Å². The standard InChI is InChI=1S/C22H30N4O2/c1-16(2)15-24-22(27)18-14-17(23)8-9-19(18)25-10-12-26(13-11-25)20-6-4-5-7-21(20)28-3/h4-9,14,16H,10-13,15,23H2,1-3H3,(H,24,27). The Morgan fingerprint density at radius 3 is 2.36 bits per heavy atom. The van der Waals surface area contributed by atoms with Gasteiger partial charge in [0.05, 0.1) is 18.4 Å². The van der Waals surface area contributed by atoms with E-state index < -0.39 is 0 Å². The molecule has 3 rings (SSSR count). The van der Waals surface area contributed by atoms with Gasteiger partial charge < -0.3 is 25.6 Å². The number of rotatable bonds is 6. The van der Waals surface area contributed by atoms with Crippen molar-refractivity contribution in [2.75, 3.05) is 55.4 Å². The molecule has 1 fully saturated rings. The number of benzene rings is 2. The van der Waals surface area contributed by atoms with Crippen LogP contribution in [-0.4, -0.2) is 45.7 Å². The molecule has 6 heteroatoms. The maximum absolute atomic E-state index is 12.7. The van der Waals surface area contributed by atoms with Crippen LogP contribution in [0.4, 0.5) is 17.1 Å². The maximum Gasteiger partial charge on any atom is 0.253 e. The van der Waals surface area contributed by atoms with Crippen LogP contribution in [0.25, 0.3) is 0 Å². The number of carbonyl (C=O) groups excluding carboxylic acids is 1. The molecule has 0 aromatic heterocycles. The van der Waals surface area contributed by atoms with Crippen molar-refractivity contribution in [2.24, 2.45) is 5.92 Å². The first-order valence-electron chi connectivity index (χ1n) is 9.80. The van der Waals surface area contributed by atoms with Crippen molar-refractivity contribution in [3.8, 4) is 5.75 Å². The second kappa shape index (κ2) is 8.87. The number of para-hydroxylation sites is 2. The van der Waals surface area contributed by atoms with E-state index in [4.69, 9.17) is 10.5 Å². The third-order valence-corrected chi connectivity index (χ3v) is 4.98. The normalized spacial score (nSPS) is 14.3. The highest BCUT2D eigenvalue weighted by Crippen LogP contribution is 2.30. The SMILES string of the molecule is COc1ccccc1N1CCN(c2ccc(N)cc2C(=O)NCC(C)C)CC1. The first-order chi connectivity index (χ1) is 13.5. The Bertz CT molecular complexity index is 814. The summed E-state index contributed by atoms with van der Waals surface area (Å²) in [4.78, 5) is 17.3. The second-order valence-electron chi connectivity index (χ2n) is 7.53. The molecule has 28 heavy (non-hydrogen) atoms. The van der Waals surface area contributed by atoms with E-state index in [2.05, 4.69) is 35.0 Å². The van der Waals surface area contributed by atoms with Gasteiger partial charge in [-0.15, -0.1) is 0 Å². The minimum atomic E-state index is -0.0665. The van der Waals surface area contributed by atoms with E-state index in [1.54, 1.807) is 13.2 Å². The van der Waals surface area contributed by atoms with Crippen molar-refractivity contribution < 1.29 is 9.53 Å². The summed E-state index contributed by atoms with van der Waals surface area (Å²) in [7, 11) is 1.70. The summed E-state index contributed by atoms with van der Waals surface area (Å²) in [5.74, 6) is 1.22. The highest BCUT2D eigenvalue weighted by Gasteiger charge is 2.23. The van der Waals surface area contributed by atoms with Crippen LogP contribution in [0.1, 0.15) is 24.2 Å². The summed E-state index contributed by atoms with van der Waals surface area (Å²) in [6.45, 7) is 8.18. The fourth-order valence-corrected chi connectivity index (χ4v) is 3.48. The number of nitrogen functional groups attached to an aromatic ring is 1. The average Bonchev–Trinajstić information content (AvgIpc) is 2.72. The van der Waals surface area contributed by atoms with Crippen molar-refractivity contribution in [2.45, 2.75) is 13.8 Å². The van der Waals surface area contributed by atoms with E-state index in [9.17, 15) is 4.79 Å². The number of carbonyl (C=O) groups is 1. The van der Waals surface area contributed by atoms with Gasteiger partial charge in [-0.3, -0.25) is 4.79 Å². The molecular formula is C22H30N4O2. The van der Waals surface area contributed by atoms with Crippen molar-refractivity contribution in [1.29, 1.82) is 0 Å². The van der Waals surface area contributed by atoms with Crippen molar-refractivity contribution in [1.82, 2.24) is 5.32 Å². The Labute approximate surface area is 167 Å². The van der Waals surface area contributed by atoms with Crippen LogP contribution in [0.2, 0.25) is 0 Å². The van der Waals surface area contributed by atoms with Crippen LogP contribution < -0.4 is 25.6 Å². The van der Waals surface area contributed by atoms with Gasteiger partial charge in [-0.05, 0) is 36.2 Å². The fraction of sp³-hybridized carbons (Fsp3) is 0.409. The molecule has 6 nitrogen and oxygen atoms in total. The third kappa shape index (κ3) is 4.50. The number of nitrogens with two attached hydrogens (primary N) is 1. The minimum Gasteiger partial charge on any atom is -0.495 e. The summed E-state index contributed by atoms with van der Waals surface area (Å²) >= 11 is 0. The van der Waals surface area contributed by atoms with Crippen LogP contribution in [0.15, 0.2) is 42.5 Å². The lowest BCUT2D eigenvalue weighted by Crippen LogP contribution is -2.47. The molecule has 0 spiro atoms. The van der Waals surface area contributed by atoms with Crippen LogP contribution >= 0.6 is 0 Å². The van der Waals surface area contributed by atoms with E-state index in [1.807, 2.05) is 30.3 Å². The number of hydrogen-bond acceptors (Lipinski definition) is 5. The summed E-state index contributed by atoms with van der Waals surface area (Å²) in [5, 5.41) is 3.01. The van der Waals surface area contributed by atoms with Gasteiger partial charge in [0.2, 0.25) is 0 Å². The molecule has 1 aliphatic rings. The number of anilines is 3. The summed E-state index contributed by atoms with van der Waals surface area (Å²) in [6, 6.07) is 13.7. The number of piperazine rings is 1. The number of ether oxygens (including phenoxy) is 1. The van der Waals surface area contributed by atoms with Gasteiger partial charge in [0.15, 0.2) is 0 Å². The monoisotopic (exact) mass is 382 g/mol. The zero-order valence-electron chi connectivity index (χ0n) is 16.9. The van der Waals surface area contributed by atoms with Gasteiger partial charge >= 0.3 is 0 Å². The molecule has 0 unspecified atom stereocenters. The molecule has 0 atom stereocenters. The van der Waals surface area contributed by atoms with Crippen LogP contribution in [-0.2, 0) is 0 Å². The lowest BCUT2D eigenvalue weighted by molar-refractivity contribution is 0.0949. The van der Waals surface area contributed by atoms with Crippen molar-refractivity contribution >= 4 is 23.0 Å². The van der Waals surface area contributed by atoms with Gasteiger partial charge in [-0.2, -0.15) is 0 Å². The number of nitrogens with one attached hydrogen (secondary N) is 1. The first-order valence-corrected chi connectivity index (χ1v) is 9.80. The first kappa shape index (κ1) is 19.9. The third-order valence-electron chi connectivity index (χ3n) is 4.98. The van der Waals surface area contributed by atoms with Crippen LogP contribution in [0, 0.1) is 5.92 Å². The Kier molecular flexibility index (Phi) is 6.29. The maximum atomic E-state index is 12.7.